The van der Waals surface area contributed by atoms with Crippen molar-refractivity contribution in [2.45, 2.75) is 16.2 Å². The van der Waals surface area contributed by atoms with Crippen LogP contribution >= 0.6 is 22.4 Å². The molecule has 0 aliphatic carbocycles. The number of alkyl halides is 3. The molecule has 0 aliphatic rings. The standard InChI is InChI=1S/C8H6ClF3O2S2/c9-16(13,14)5-6-1-3-7(4-2-6)15-8(10,11)12/h1-4H,5H2. The molecule has 1 aromatic rings. The zero-order valence-electron chi connectivity index (χ0n) is 7.66. The first kappa shape index (κ1) is 13.7. The molecule has 0 bridgehead atoms. The summed E-state index contributed by atoms with van der Waals surface area (Å²) in [5.74, 6) is -0.397. The van der Waals surface area contributed by atoms with Gasteiger partial charge < -0.3 is 0 Å². The van der Waals surface area contributed by atoms with Crippen molar-refractivity contribution in [2.24, 2.45) is 0 Å². The number of halogens is 4. The van der Waals surface area contributed by atoms with Crippen LogP contribution < -0.4 is 0 Å². The van der Waals surface area contributed by atoms with E-state index < -0.39 is 20.3 Å². The van der Waals surface area contributed by atoms with Crippen LogP contribution in [-0.2, 0) is 14.8 Å². The molecule has 8 heteroatoms. The van der Waals surface area contributed by atoms with Crippen LogP contribution in [0, 0.1) is 0 Å². The quantitative estimate of drug-likeness (QED) is 0.632. The van der Waals surface area contributed by atoms with Gasteiger partial charge in [0.05, 0.1) is 5.75 Å². The van der Waals surface area contributed by atoms with Gasteiger partial charge in [-0.15, -0.1) is 0 Å². The molecule has 0 radical (unpaired) electrons. The third kappa shape index (κ3) is 5.62. The monoisotopic (exact) mass is 290 g/mol. The van der Waals surface area contributed by atoms with Crippen molar-refractivity contribution >= 4 is 31.5 Å². The van der Waals surface area contributed by atoms with E-state index in [0.29, 0.717) is 5.56 Å². The molecule has 0 N–H and O–H groups in total. The molecule has 0 unspecified atom stereocenters. The Morgan fingerprint density at radius 2 is 1.69 bits per heavy atom. The minimum atomic E-state index is -4.35. The Hall–Kier alpha value is -0.400. The highest BCUT2D eigenvalue weighted by molar-refractivity contribution is 8.13. The zero-order chi connectivity index (χ0) is 12.4. The molecule has 16 heavy (non-hydrogen) atoms. The average Bonchev–Trinajstić information content (AvgIpc) is 2.03. The van der Waals surface area contributed by atoms with Gasteiger partial charge in [-0.25, -0.2) is 8.42 Å². The van der Waals surface area contributed by atoms with Gasteiger partial charge in [-0.05, 0) is 29.5 Å². The van der Waals surface area contributed by atoms with E-state index in [1.165, 1.54) is 24.3 Å². The van der Waals surface area contributed by atoms with Crippen molar-refractivity contribution in [3.63, 3.8) is 0 Å². The lowest BCUT2D eigenvalue weighted by atomic mass is 10.2. The molecule has 0 saturated carbocycles. The predicted octanol–water partition coefficient (Wildman–Crippen LogP) is 3.37. The molecule has 0 aliphatic heterocycles. The van der Waals surface area contributed by atoms with E-state index in [-0.39, 0.29) is 16.7 Å². The average molecular weight is 291 g/mol. The lowest BCUT2D eigenvalue weighted by Gasteiger charge is -2.05. The van der Waals surface area contributed by atoms with Crippen molar-refractivity contribution in [3.8, 4) is 0 Å². The van der Waals surface area contributed by atoms with Gasteiger partial charge in [-0.2, -0.15) is 13.2 Å². The van der Waals surface area contributed by atoms with E-state index in [9.17, 15) is 21.6 Å². The Balaban J connectivity index is 2.76. The van der Waals surface area contributed by atoms with Crippen molar-refractivity contribution in [1.82, 2.24) is 0 Å². The number of hydrogen-bond acceptors (Lipinski definition) is 3. The second-order valence-corrected chi connectivity index (χ2v) is 6.79. The van der Waals surface area contributed by atoms with E-state index in [1.54, 1.807) is 0 Å². The van der Waals surface area contributed by atoms with Crippen LogP contribution in [0.3, 0.4) is 0 Å². The molecule has 0 spiro atoms. The highest BCUT2D eigenvalue weighted by atomic mass is 35.7. The van der Waals surface area contributed by atoms with Crippen molar-refractivity contribution in [2.75, 3.05) is 0 Å². The molecule has 1 aromatic carbocycles. The van der Waals surface area contributed by atoms with Crippen LogP contribution in [-0.4, -0.2) is 13.9 Å². The molecule has 0 atom stereocenters. The summed E-state index contributed by atoms with van der Waals surface area (Å²) in [6.45, 7) is 0. The molecule has 0 saturated heterocycles. The maximum atomic E-state index is 12.0. The molecule has 1 rings (SSSR count). The van der Waals surface area contributed by atoms with E-state index in [1.807, 2.05) is 0 Å². The minimum Gasteiger partial charge on any atom is -0.212 e. The van der Waals surface area contributed by atoms with Crippen LogP contribution in [0.25, 0.3) is 0 Å². The smallest absolute Gasteiger partial charge is 0.212 e. The molecular weight excluding hydrogens is 285 g/mol. The lowest BCUT2D eigenvalue weighted by molar-refractivity contribution is -0.0328. The molecule has 0 heterocycles. The number of hydrogen-bond donors (Lipinski definition) is 0. The highest BCUT2D eigenvalue weighted by Crippen LogP contribution is 2.36. The lowest BCUT2D eigenvalue weighted by Crippen LogP contribution is -1.99. The second-order valence-electron chi connectivity index (χ2n) is 2.87. The fourth-order valence-electron chi connectivity index (χ4n) is 0.986. The molecule has 90 valence electrons. The van der Waals surface area contributed by atoms with E-state index >= 15 is 0 Å². The maximum Gasteiger partial charge on any atom is 0.446 e. The fraction of sp³-hybridized carbons (Fsp3) is 0.250. The number of rotatable bonds is 3. The van der Waals surface area contributed by atoms with Gasteiger partial charge in [0.25, 0.3) is 0 Å². The zero-order valence-corrected chi connectivity index (χ0v) is 10.1. The number of benzene rings is 1. The third-order valence-corrected chi connectivity index (χ3v) is 3.24. The fourth-order valence-corrected chi connectivity index (χ4v) is 2.49. The van der Waals surface area contributed by atoms with Crippen LogP contribution in [0.15, 0.2) is 29.2 Å². The summed E-state index contributed by atoms with van der Waals surface area (Å²) in [6, 6.07) is 5.01. The molecule has 2 nitrogen and oxygen atoms in total. The van der Waals surface area contributed by atoms with Crippen molar-refractivity contribution in [3.05, 3.63) is 29.8 Å². The Morgan fingerprint density at radius 1 is 1.19 bits per heavy atom. The highest BCUT2D eigenvalue weighted by Gasteiger charge is 2.29. The van der Waals surface area contributed by atoms with E-state index in [2.05, 4.69) is 0 Å². The topological polar surface area (TPSA) is 34.1 Å². The summed E-state index contributed by atoms with van der Waals surface area (Å²) >= 11 is -0.255. The summed E-state index contributed by atoms with van der Waals surface area (Å²) in [4.78, 5) is 0.00298. The van der Waals surface area contributed by atoms with E-state index in [4.69, 9.17) is 10.7 Å². The Bertz CT molecular complexity index is 453. The van der Waals surface area contributed by atoms with Crippen molar-refractivity contribution < 1.29 is 21.6 Å². The summed E-state index contributed by atoms with van der Waals surface area (Å²) < 4.78 is 57.3. The summed E-state index contributed by atoms with van der Waals surface area (Å²) in [5, 5.41) is 0. The van der Waals surface area contributed by atoms with Crippen LogP contribution in [0.4, 0.5) is 13.2 Å². The largest absolute Gasteiger partial charge is 0.446 e. The second kappa shape index (κ2) is 4.85. The predicted molar refractivity (Wildman–Crippen MR) is 56.8 cm³/mol. The van der Waals surface area contributed by atoms with Gasteiger partial charge >= 0.3 is 5.51 Å². The summed E-state index contributed by atoms with van der Waals surface area (Å²) in [6.07, 6.45) is 0. The van der Waals surface area contributed by atoms with Gasteiger partial charge in [-0.1, -0.05) is 12.1 Å². The first-order chi connectivity index (χ1) is 7.16. The molecule has 0 amide bonds. The van der Waals surface area contributed by atoms with E-state index in [0.717, 1.165) is 0 Å². The van der Waals surface area contributed by atoms with Gasteiger partial charge in [0.1, 0.15) is 0 Å². The van der Waals surface area contributed by atoms with Crippen molar-refractivity contribution in [1.29, 1.82) is 0 Å². The summed E-state index contributed by atoms with van der Waals surface area (Å²) in [7, 11) is 1.32. The van der Waals surface area contributed by atoms with Crippen LogP contribution in [0.5, 0.6) is 0 Å². The normalized spacial score (nSPS) is 12.8. The molecule has 0 aromatic heterocycles. The molecular formula is C8H6ClF3O2S2. The Morgan fingerprint density at radius 3 is 2.06 bits per heavy atom. The Kier molecular flexibility index (Phi) is 4.14. The molecule has 0 fully saturated rings. The van der Waals surface area contributed by atoms with Gasteiger partial charge in [0, 0.05) is 15.6 Å². The van der Waals surface area contributed by atoms with Gasteiger partial charge in [0.15, 0.2) is 0 Å². The van der Waals surface area contributed by atoms with Crippen LogP contribution in [0.1, 0.15) is 5.56 Å². The first-order valence-electron chi connectivity index (χ1n) is 3.93. The maximum absolute atomic E-state index is 12.0. The summed E-state index contributed by atoms with van der Waals surface area (Å²) in [5.41, 5.74) is -4.00. The minimum absolute atomic E-state index is 0.00298. The van der Waals surface area contributed by atoms with Crippen LogP contribution in [0.2, 0.25) is 0 Å². The third-order valence-electron chi connectivity index (χ3n) is 1.50. The van der Waals surface area contributed by atoms with Gasteiger partial charge in [0.2, 0.25) is 9.05 Å². The van der Waals surface area contributed by atoms with Gasteiger partial charge in [-0.3, -0.25) is 0 Å². The SMILES string of the molecule is O=S(=O)(Cl)Cc1ccc(SC(F)(F)F)cc1. The first-order valence-corrected chi connectivity index (χ1v) is 7.22. The Labute approximate surface area is 99.2 Å². The number of thioether (sulfide) groups is 1.